The van der Waals surface area contributed by atoms with Crippen LogP contribution in [0.3, 0.4) is 0 Å². The fraction of sp³-hybridized carbons (Fsp3) is 0.923. The van der Waals surface area contributed by atoms with Crippen LogP contribution in [-0.2, 0) is 0 Å². The summed E-state index contributed by atoms with van der Waals surface area (Å²) in [6.07, 6.45) is 4.58. The molecule has 0 atom stereocenters. The van der Waals surface area contributed by atoms with Gasteiger partial charge in [-0.15, -0.1) is 0 Å². The molecule has 3 fully saturated rings. The standard InChI is InChI=1S/C13H23N3O2/c17-13(18)16-9-7-15(8-10-16)12-3-5-14(6-4-12)11-1-2-11/h11-12H,1-10H2,(H,17,18). The van der Waals surface area contributed by atoms with Gasteiger partial charge in [-0.3, -0.25) is 4.90 Å². The first kappa shape index (κ1) is 12.2. The summed E-state index contributed by atoms with van der Waals surface area (Å²) in [5.74, 6) is 0. The zero-order valence-electron chi connectivity index (χ0n) is 10.9. The minimum atomic E-state index is -0.766. The molecule has 102 valence electrons. The number of carbonyl (C=O) groups is 1. The van der Waals surface area contributed by atoms with Crippen LogP contribution >= 0.6 is 0 Å². The first-order valence-electron chi connectivity index (χ1n) is 7.20. The molecule has 3 aliphatic rings. The van der Waals surface area contributed by atoms with Gasteiger partial charge in [0, 0.05) is 38.3 Å². The normalized spacial score (nSPS) is 28.6. The van der Waals surface area contributed by atoms with Gasteiger partial charge in [0.05, 0.1) is 0 Å². The highest BCUT2D eigenvalue weighted by Crippen LogP contribution is 2.30. The van der Waals surface area contributed by atoms with Crippen LogP contribution in [0.4, 0.5) is 4.79 Å². The SMILES string of the molecule is O=C(O)N1CCN(C2CCN(C3CC3)CC2)CC1. The van der Waals surface area contributed by atoms with E-state index in [1.807, 2.05) is 0 Å². The van der Waals surface area contributed by atoms with E-state index in [-0.39, 0.29) is 0 Å². The summed E-state index contributed by atoms with van der Waals surface area (Å²) in [5.41, 5.74) is 0. The van der Waals surface area contributed by atoms with Gasteiger partial charge in [0.2, 0.25) is 0 Å². The second-order valence-corrected chi connectivity index (χ2v) is 5.80. The molecule has 0 aromatic heterocycles. The van der Waals surface area contributed by atoms with Crippen LogP contribution in [-0.4, -0.2) is 77.3 Å². The second-order valence-electron chi connectivity index (χ2n) is 5.80. The summed E-state index contributed by atoms with van der Waals surface area (Å²) in [4.78, 5) is 17.5. The van der Waals surface area contributed by atoms with Gasteiger partial charge in [-0.05, 0) is 38.8 Å². The van der Waals surface area contributed by atoms with Crippen molar-refractivity contribution >= 4 is 6.09 Å². The van der Waals surface area contributed by atoms with E-state index in [2.05, 4.69) is 9.80 Å². The third kappa shape index (κ3) is 2.62. The lowest BCUT2D eigenvalue weighted by Crippen LogP contribution is -2.54. The van der Waals surface area contributed by atoms with Gasteiger partial charge >= 0.3 is 6.09 Å². The molecule has 3 rings (SSSR count). The first-order chi connectivity index (χ1) is 8.74. The number of rotatable bonds is 2. The topological polar surface area (TPSA) is 47.0 Å². The summed E-state index contributed by atoms with van der Waals surface area (Å²) in [5, 5.41) is 8.94. The van der Waals surface area contributed by atoms with Crippen molar-refractivity contribution in [3.8, 4) is 0 Å². The molecule has 1 aliphatic carbocycles. The molecule has 1 N–H and O–H groups in total. The summed E-state index contributed by atoms with van der Waals surface area (Å²) in [6, 6.07) is 1.59. The van der Waals surface area contributed by atoms with Crippen molar-refractivity contribution in [1.29, 1.82) is 0 Å². The molecule has 2 aliphatic heterocycles. The molecule has 5 nitrogen and oxygen atoms in total. The first-order valence-corrected chi connectivity index (χ1v) is 7.20. The van der Waals surface area contributed by atoms with E-state index in [0.29, 0.717) is 19.1 Å². The van der Waals surface area contributed by atoms with Crippen LogP contribution in [0, 0.1) is 0 Å². The Morgan fingerprint density at radius 1 is 0.778 bits per heavy atom. The minimum absolute atomic E-state index is 0.679. The molecule has 2 saturated heterocycles. The number of hydrogen-bond donors (Lipinski definition) is 1. The summed E-state index contributed by atoms with van der Waals surface area (Å²) in [7, 11) is 0. The molecule has 0 radical (unpaired) electrons. The van der Waals surface area contributed by atoms with E-state index in [4.69, 9.17) is 5.11 Å². The van der Waals surface area contributed by atoms with Crippen LogP contribution in [0.1, 0.15) is 25.7 Å². The molecule has 1 amide bonds. The smallest absolute Gasteiger partial charge is 0.407 e. The Hall–Kier alpha value is -0.810. The van der Waals surface area contributed by atoms with Crippen molar-refractivity contribution in [3.63, 3.8) is 0 Å². The van der Waals surface area contributed by atoms with Crippen molar-refractivity contribution in [1.82, 2.24) is 14.7 Å². The maximum Gasteiger partial charge on any atom is 0.407 e. The fourth-order valence-electron chi connectivity index (χ4n) is 3.33. The zero-order chi connectivity index (χ0) is 12.5. The maximum absolute atomic E-state index is 10.9. The Bertz CT molecular complexity index is 303. The van der Waals surface area contributed by atoms with Crippen LogP contribution in [0.15, 0.2) is 0 Å². The molecule has 0 spiro atoms. The van der Waals surface area contributed by atoms with Gasteiger partial charge in [-0.1, -0.05) is 0 Å². The molecule has 0 aromatic rings. The second kappa shape index (κ2) is 5.05. The van der Waals surface area contributed by atoms with Gasteiger partial charge in [0.25, 0.3) is 0 Å². The predicted molar refractivity (Wildman–Crippen MR) is 68.8 cm³/mol. The van der Waals surface area contributed by atoms with E-state index in [1.54, 1.807) is 0 Å². The lowest BCUT2D eigenvalue weighted by Gasteiger charge is -2.42. The van der Waals surface area contributed by atoms with E-state index in [0.717, 1.165) is 19.1 Å². The van der Waals surface area contributed by atoms with Crippen LogP contribution in [0.5, 0.6) is 0 Å². The van der Waals surface area contributed by atoms with Crippen molar-refractivity contribution in [2.75, 3.05) is 39.3 Å². The average Bonchev–Trinajstić information content (AvgIpc) is 3.23. The number of likely N-dealkylation sites (tertiary alicyclic amines) is 1. The highest BCUT2D eigenvalue weighted by Gasteiger charge is 2.34. The third-order valence-corrected chi connectivity index (χ3v) is 4.66. The Kier molecular flexibility index (Phi) is 3.43. The Morgan fingerprint density at radius 3 is 1.78 bits per heavy atom. The largest absolute Gasteiger partial charge is 0.465 e. The van der Waals surface area contributed by atoms with Crippen molar-refractivity contribution in [2.45, 2.75) is 37.8 Å². The van der Waals surface area contributed by atoms with Crippen molar-refractivity contribution in [3.05, 3.63) is 0 Å². The summed E-state index contributed by atoms with van der Waals surface area (Å²) >= 11 is 0. The Balaban J connectivity index is 1.44. The number of piperazine rings is 1. The lowest BCUT2D eigenvalue weighted by atomic mass is 10.0. The van der Waals surface area contributed by atoms with E-state index >= 15 is 0 Å². The minimum Gasteiger partial charge on any atom is -0.465 e. The third-order valence-electron chi connectivity index (χ3n) is 4.66. The monoisotopic (exact) mass is 253 g/mol. The lowest BCUT2D eigenvalue weighted by molar-refractivity contribution is 0.0562. The molecule has 1 saturated carbocycles. The number of piperidine rings is 1. The Labute approximate surface area is 108 Å². The van der Waals surface area contributed by atoms with Crippen molar-refractivity contribution < 1.29 is 9.90 Å². The molecular weight excluding hydrogens is 230 g/mol. The van der Waals surface area contributed by atoms with Gasteiger partial charge in [-0.2, -0.15) is 0 Å². The highest BCUT2D eigenvalue weighted by molar-refractivity contribution is 5.65. The highest BCUT2D eigenvalue weighted by atomic mass is 16.4. The summed E-state index contributed by atoms with van der Waals surface area (Å²) in [6.45, 7) is 5.68. The maximum atomic E-state index is 10.9. The average molecular weight is 253 g/mol. The van der Waals surface area contributed by atoms with Crippen molar-refractivity contribution in [2.24, 2.45) is 0 Å². The van der Waals surface area contributed by atoms with Crippen LogP contribution < -0.4 is 0 Å². The number of hydrogen-bond acceptors (Lipinski definition) is 3. The molecule has 5 heteroatoms. The number of carboxylic acid groups (broad SMARTS) is 1. The Morgan fingerprint density at radius 2 is 1.28 bits per heavy atom. The van der Waals surface area contributed by atoms with Gasteiger partial charge < -0.3 is 14.9 Å². The fourth-order valence-corrected chi connectivity index (χ4v) is 3.33. The van der Waals surface area contributed by atoms with Gasteiger partial charge in [0.1, 0.15) is 0 Å². The number of amides is 1. The molecule has 0 unspecified atom stereocenters. The summed E-state index contributed by atoms with van der Waals surface area (Å²) < 4.78 is 0. The molecule has 0 aromatic carbocycles. The molecule has 2 heterocycles. The van der Waals surface area contributed by atoms with Crippen LogP contribution in [0.2, 0.25) is 0 Å². The predicted octanol–water partition coefficient (Wildman–Crippen LogP) is 0.909. The van der Waals surface area contributed by atoms with E-state index in [1.165, 1.54) is 43.7 Å². The van der Waals surface area contributed by atoms with Gasteiger partial charge in [0.15, 0.2) is 0 Å². The zero-order valence-corrected chi connectivity index (χ0v) is 10.9. The number of nitrogens with zero attached hydrogens (tertiary/aromatic N) is 3. The molecule has 0 bridgehead atoms. The van der Waals surface area contributed by atoms with E-state index in [9.17, 15) is 4.79 Å². The van der Waals surface area contributed by atoms with Crippen LogP contribution in [0.25, 0.3) is 0 Å². The van der Waals surface area contributed by atoms with E-state index < -0.39 is 6.09 Å². The molecule has 18 heavy (non-hydrogen) atoms. The molecular formula is C13H23N3O2. The quantitative estimate of drug-likeness (QED) is 0.794. The van der Waals surface area contributed by atoms with Gasteiger partial charge in [-0.25, -0.2) is 4.79 Å².